The normalized spacial score (nSPS) is 15.3. The van der Waals surface area contributed by atoms with E-state index in [9.17, 15) is 29.9 Å². The van der Waals surface area contributed by atoms with Gasteiger partial charge in [0.25, 0.3) is 11.8 Å². The molecule has 99 heavy (non-hydrogen) atoms. The van der Waals surface area contributed by atoms with Gasteiger partial charge >= 0.3 is 5.69 Å². The summed E-state index contributed by atoms with van der Waals surface area (Å²) in [5.41, 5.74) is 13.2. The number of phenolic OH excluding ortho intramolecular Hbond substituents is 2. The highest BCUT2D eigenvalue weighted by Crippen LogP contribution is 2.31. The molecule has 4 aromatic carbocycles. The van der Waals surface area contributed by atoms with Gasteiger partial charge in [0.15, 0.2) is 5.75 Å². The molecule has 0 bridgehead atoms. The molecule has 26 heteroatoms. The number of hydrogen-bond acceptors (Lipinski definition) is 22. The van der Waals surface area contributed by atoms with Crippen LogP contribution in [0.1, 0.15) is 31.8 Å². The van der Waals surface area contributed by atoms with E-state index in [1.165, 1.54) is 53.8 Å². The van der Waals surface area contributed by atoms with Crippen molar-refractivity contribution in [2.24, 2.45) is 0 Å². The average Bonchev–Trinajstić information content (AvgIpc) is 1.02. The van der Waals surface area contributed by atoms with Crippen LogP contribution in [0.3, 0.4) is 0 Å². The third kappa shape index (κ3) is 23.8. The van der Waals surface area contributed by atoms with Gasteiger partial charge in [0.1, 0.15) is 0 Å². The van der Waals surface area contributed by atoms with E-state index in [0.29, 0.717) is 39.3 Å². The molecule has 6 N–H and O–H groups in total. The first-order valence-corrected chi connectivity index (χ1v) is 33.7. The lowest BCUT2D eigenvalue weighted by Crippen LogP contribution is -2.48. The van der Waals surface area contributed by atoms with E-state index in [-0.39, 0.29) is 28.5 Å². The summed E-state index contributed by atoms with van der Waals surface area (Å²) in [5, 5.41) is 49.5. The van der Waals surface area contributed by atoms with E-state index in [4.69, 9.17) is 16.5 Å². The standard InChI is InChI=1S/C16H16N4O4.C16H18N4O2.C16H19N3.C11H16N2.C9H13N3.C5H4BrN.N2/c21-15-13(2-1-3-14(15)20(23)24)16(22)19-10-8-18(9-11-19)12-4-6-17-7-5-12;17-14-3-1-2-13(15(14)21)16(22)20-10-8-19(9-11-20)12-4-6-18-7-5-12;1-2-4-15(5-3-1)14-18-10-12-19(13-11-18)16-6-8-17-9-7-16;1-2-4-11(5-3-1)10-13-8-6-12-7-9-13;1-3-10-4-2-9(1)12-7-5-11-6-8-12;6-5-1-3-7-4-2-5;1-2/h1-7,21H,8-11H2;1-7,21H,8-11,17H2;1-9H,10-14H2;1-5,12H,6-10H2;1-4,11H,5-8H2;1-4H;. The zero-order valence-electron chi connectivity index (χ0n) is 55.5. The summed E-state index contributed by atoms with van der Waals surface area (Å²) in [6.07, 6.45) is 17.9. The number of nitrogens with two attached hydrogens (primary N) is 1. The van der Waals surface area contributed by atoms with Crippen molar-refractivity contribution < 1.29 is 24.7 Å². The molecule has 25 nitrogen and oxygen atoms in total. The predicted molar refractivity (Wildman–Crippen MR) is 389 cm³/mol. The molecule has 0 saturated carbocycles. The number of carbonyl (C=O) groups excluding carboxylic acids is 2. The Bertz CT molecular complexity index is 3800. The van der Waals surface area contributed by atoms with Gasteiger partial charge in [-0.05, 0) is 90.0 Å². The highest BCUT2D eigenvalue weighted by molar-refractivity contribution is 9.10. The summed E-state index contributed by atoms with van der Waals surface area (Å²) in [6, 6.07) is 50.0. The van der Waals surface area contributed by atoms with Crippen LogP contribution >= 0.6 is 15.9 Å². The summed E-state index contributed by atoms with van der Waals surface area (Å²) in [4.78, 5) is 72.6. The van der Waals surface area contributed by atoms with Crippen LogP contribution in [0, 0.1) is 20.9 Å². The van der Waals surface area contributed by atoms with Crippen LogP contribution in [0.4, 0.5) is 34.1 Å². The van der Waals surface area contributed by atoms with Crippen molar-refractivity contribution in [3.05, 3.63) is 257 Å². The Balaban J connectivity index is 0.000000155. The summed E-state index contributed by atoms with van der Waals surface area (Å²) >= 11 is 3.27. The number of anilines is 5. The number of benzene rings is 4. The smallest absolute Gasteiger partial charge is 0.311 e. The summed E-state index contributed by atoms with van der Waals surface area (Å²) in [7, 11) is 0. The van der Waals surface area contributed by atoms with Crippen molar-refractivity contribution in [3.8, 4) is 11.5 Å². The second-order valence-corrected chi connectivity index (χ2v) is 24.1. The zero-order valence-corrected chi connectivity index (χ0v) is 57.1. The Labute approximate surface area is 586 Å². The molecule has 0 atom stereocenters. The second-order valence-electron chi connectivity index (χ2n) is 23.2. The van der Waals surface area contributed by atoms with E-state index in [1.54, 1.807) is 65.2 Å². The fraction of sp³-hybridized carbons (Fsp3) is 0.301. The van der Waals surface area contributed by atoms with E-state index < -0.39 is 22.3 Å². The zero-order chi connectivity index (χ0) is 69.8. The van der Waals surface area contributed by atoms with E-state index in [2.05, 4.69) is 166 Å². The molecule has 5 aliphatic heterocycles. The molecule has 14 rings (SSSR count). The number of nitro benzene ring substituents is 1. The monoisotopic (exact) mass is 1400 g/mol. The number of aromatic nitrogens is 5. The number of hydrogen-bond donors (Lipinski definition) is 5. The molecule has 0 aliphatic carbocycles. The molecule has 0 spiro atoms. The van der Waals surface area contributed by atoms with Crippen molar-refractivity contribution in [1.82, 2.24) is 55.2 Å². The lowest BCUT2D eigenvalue weighted by Gasteiger charge is -2.36. The molecule has 5 aromatic heterocycles. The van der Waals surface area contributed by atoms with Crippen molar-refractivity contribution in [1.29, 1.82) is 10.8 Å². The van der Waals surface area contributed by atoms with Crippen LogP contribution < -0.4 is 36.0 Å². The SMILES string of the molecule is Brc1ccncc1.N#N.Nc1cccc(C(=O)N2CCN(c3ccncc3)CC2)c1O.O=C(c1cccc([N+](=O)[O-])c1O)N1CCN(c2ccncc2)CC1.c1cc(N2CCNCC2)ccn1.c1ccc(CN2CCN(c3ccncc3)CC2)cc1.c1ccc(CN2CCNCC2)cc1. The van der Waals surface area contributed by atoms with Crippen molar-refractivity contribution in [3.63, 3.8) is 0 Å². The summed E-state index contributed by atoms with van der Waals surface area (Å²) < 4.78 is 1.07. The minimum Gasteiger partial charge on any atom is -0.505 e. The molecule has 5 saturated heterocycles. The molecule has 9 aromatic rings. The third-order valence-electron chi connectivity index (χ3n) is 16.8. The minimum atomic E-state index is -0.701. The third-order valence-corrected chi connectivity index (χ3v) is 17.3. The summed E-state index contributed by atoms with van der Waals surface area (Å²) in [6.45, 7) is 20.5. The van der Waals surface area contributed by atoms with E-state index in [0.717, 1.165) is 107 Å². The van der Waals surface area contributed by atoms with Crippen molar-refractivity contribution >= 4 is 61.9 Å². The van der Waals surface area contributed by atoms with Gasteiger partial charge in [0.05, 0.1) is 21.7 Å². The first-order chi connectivity index (χ1) is 48.5. The van der Waals surface area contributed by atoms with Crippen LogP contribution in [-0.4, -0.2) is 202 Å². The van der Waals surface area contributed by atoms with Crippen LogP contribution in [0.25, 0.3) is 0 Å². The van der Waals surface area contributed by atoms with Gasteiger partial charge in [0.2, 0.25) is 5.75 Å². The maximum Gasteiger partial charge on any atom is 0.311 e. The largest absolute Gasteiger partial charge is 0.505 e. The number of piperazine rings is 5. The number of phenols is 2. The highest BCUT2D eigenvalue weighted by Gasteiger charge is 2.28. The van der Waals surface area contributed by atoms with Crippen LogP contribution in [-0.2, 0) is 13.1 Å². The maximum absolute atomic E-state index is 12.6. The fourth-order valence-electron chi connectivity index (χ4n) is 11.5. The average molecular weight is 1410 g/mol. The minimum absolute atomic E-state index is 0.0402. The number of aromatic hydroxyl groups is 2. The van der Waals surface area contributed by atoms with Crippen LogP contribution in [0.5, 0.6) is 11.5 Å². The lowest BCUT2D eigenvalue weighted by molar-refractivity contribution is -0.385. The van der Waals surface area contributed by atoms with E-state index >= 15 is 0 Å². The Kier molecular flexibility index (Phi) is 30.5. The van der Waals surface area contributed by atoms with Crippen molar-refractivity contribution in [2.75, 3.05) is 156 Å². The lowest BCUT2D eigenvalue weighted by atomic mass is 10.1. The number of nitrogen functional groups attached to an aromatic ring is 1. The molecular weight excluding hydrogens is 1320 g/mol. The van der Waals surface area contributed by atoms with Gasteiger partial charge < -0.3 is 56.0 Å². The van der Waals surface area contributed by atoms with Gasteiger partial charge in [-0.2, -0.15) is 0 Å². The number of nitrogens with zero attached hydrogens (tertiary/aromatic N) is 16. The number of rotatable bonds is 11. The van der Waals surface area contributed by atoms with Gasteiger partial charge in [-0.3, -0.25) is 54.4 Å². The second kappa shape index (κ2) is 40.8. The molecule has 516 valence electrons. The first-order valence-electron chi connectivity index (χ1n) is 32.9. The fourth-order valence-corrected chi connectivity index (χ4v) is 11.7. The summed E-state index contributed by atoms with van der Waals surface area (Å²) in [5.74, 6) is -1.29. The Morgan fingerprint density at radius 3 is 1.11 bits per heavy atom. The Morgan fingerprint density at radius 1 is 0.424 bits per heavy atom. The number of nitrogens with one attached hydrogen (secondary N) is 2. The predicted octanol–water partition coefficient (Wildman–Crippen LogP) is 8.85. The number of nitro groups is 1. The van der Waals surface area contributed by atoms with Crippen LogP contribution in [0.15, 0.2) is 224 Å². The number of carbonyl (C=O) groups is 2. The van der Waals surface area contributed by atoms with Gasteiger partial charge in [-0.25, -0.2) is 0 Å². The van der Waals surface area contributed by atoms with E-state index in [1.807, 2.05) is 61.2 Å². The van der Waals surface area contributed by atoms with Gasteiger partial charge in [-0.1, -0.05) is 88.7 Å². The molecular formula is C73H86BrN19O6. The quantitative estimate of drug-likeness (QED) is 0.0265. The van der Waals surface area contributed by atoms with Gasteiger partial charge in [-0.15, -0.1) is 0 Å². The highest BCUT2D eigenvalue weighted by atomic mass is 79.9. The number of halogens is 1. The molecule has 0 radical (unpaired) electrons. The first kappa shape index (κ1) is 74.1. The molecule has 5 aliphatic rings. The Hall–Kier alpha value is -10.7. The molecule has 0 unspecified atom stereocenters. The molecule has 2 amide bonds. The molecule has 10 heterocycles. The molecule has 5 fully saturated rings. The van der Waals surface area contributed by atoms with Crippen LogP contribution in [0.2, 0.25) is 0 Å². The number of para-hydroxylation sites is 2. The number of amides is 2. The maximum atomic E-state index is 12.6. The Morgan fingerprint density at radius 2 is 0.747 bits per heavy atom. The topological polar surface area (TPSA) is 306 Å². The van der Waals surface area contributed by atoms with Crippen molar-refractivity contribution in [2.45, 2.75) is 13.1 Å². The number of pyridine rings is 5. The van der Waals surface area contributed by atoms with Gasteiger partial charge in [0, 0.05) is 250 Å².